The molecular formula is C13H17NO4. The highest BCUT2D eigenvalue weighted by Gasteiger charge is 2.26. The van der Waals surface area contributed by atoms with Crippen LogP contribution in [0.4, 0.5) is 0 Å². The molecule has 1 heterocycles. The fourth-order valence-electron chi connectivity index (χ4n) is 2.01. The van der Waals surface area contributed by atoms with Gasteiger partial charge in [-0.15, -0.1) is 0 Å². The molecule has 1 aliphatic rings. The smallest absolute Gasteiger partial charge is 0.323 e. The van der Waals surface area contributed by atoms with Gasteiger partial charge in [0.05, 0.1) is 20.8 Å². The van der Waals surface area contributed by atoms with Crippen LogP contribution in [0, 0.1) is 0 Å². The van der Waals surface area contributed by atoms with E-state index in [2.05, 4.69) is 5.32 Å². The van der Waals surface area contributed by atoms with E-state index in [-0.39, 0.29) is 12.0 Å². The molecule has 0 saturated carbocycles. The molecule has 1 N–H and O–H groups in total. The second-order valence-corrected chi connectivity index (χ2v) is 4.04. The molecule has 0 bridgehead atoms. The number of cyclic esters (lactones) is 1. The minimum atomic E-state index is -0.221. The Morgan fingerprint density at radius 1 is 1.39 bits per heavy atom. The maximum absolute atomic E-state index is 11.3. The SMILES string of the molecule is COc1cccc(CNC2CCOC2=O)c1OC. The third-order valence-corrected chi connectivity index (χ3v) is 2.96. The summed E-state index contributed by atoms with van der Waals surface area (Å²) in [5.74, 6) is 1.20. The topological polar surface area (TPSA) is 56.8 Å². The van der Waals surface area contributed by atoms with Gasteiger partial charge in [0.1, 0.15) is 6.04 Å². The molecule has 0 amide bonds. The molecule has 1 aromatic rings. The van der Waals surface area contributed by atoms with E-state index in [9.17, 15) is 4.79 Å². The van der Waals surface area contributed by atoms with Crippen LogP contribution >= 0.6 is 0 Å². The summed E-state index contributed by atoms with van der Waals surface area (Å²) in [7, 11) is 3.20. The maximum Gasteiger partial charge on any atom is 0.323 e. The highest BCUT2D eigenvalue weighted by atomic mass is 16.5. The molecule has 0 aliphatic carbocycles. The molecule has 0 aromatic heterocycles. The fraction of sp³-hybridized carbons (Fsp3) is 0.462. The second-order valence-electron chi connectivity index (χ2n) is 4.04. The number of benzene rings is 1. The molecule has 5 heteroatoms. The highest BCUT2D eigenvalue weighted by Crippen LogP contribution is 2.30. The first-order valence-electron chi connectivity index (χ1n) is 5.86. The molecule has 2 rings (SSSR count). The summed E-state index contributed by atoms with van der Waals surface area (Å²) in [5, 5.41) is 3.16. The molecule has 1 unspecified atom stereocenters. The van der Waals surface area contributed by atoms with Crippen molar-refractivity contribution in [1.29, 1.82) is 0 Å². The zero-order valence-electron chi connectivity index (χ0n) is 10.6. The van der Waals surface area contributed by atoms with Gasteiger partial charge in [0.15, 0.2) is 11.5 Å². The van der Waals surface area contributed by atoms with Gasteiger partial charge in [0.25, 0.3) is 0 Å². The van der Waals surface area contributed by atoms with Crippen molar-refractivity contribution in [3.05, 3.63) is 23.8 Å². The summed E-state index contributed by atoms with van der Waals surface area (Å²) in [6.45, 7) is 1.03. The van der Waals surface area contributed by atoms with Gasteiger partial charge < -0.3 is 19.5 Å². The molecule has 1 aliphatic heterocycles. The van der Waals surface area contributed by atoms with Crippen LogP contribution in [0.1, 0.15) is 12.0 Å². The van der Waals surface area contributed by atoms with E-state index in [4.69, 9.17) is 14.2 Å². The molecule has 1 aromatic carbocycles. The lowest BCUT2D eigenvalue weighted by molar-refractivity contribution is -0.139. The second kappa shape index (κ2) is 5.73. The van der Waals surface area contributed by atoms with Crippen molar-refractivity contribution in [2.75, 3.05) is 20.8 Å². The Kier molecular flexibility index (Phi) is 4.04. The molecule has 1 atom stereocenters. The van der Waals surface area contributed by atoms with Crippen molar-refractivity contribution in [2.24, 2.45) is 0 Å². The van der Waals surface area contributed by atoms with Gasteiger partial charge in [-0.2, -0.15) is 0 Å². The third-order valence-electron chi connectivity index (χ3n) is 2.96. The predicted molar refractivity (Wildman–Crippen MR) is 65.7 cm³/mol. The van der Waals surface area contributed by atoms with E-state index < -0.39 is 0 Å². The lowest BCUT2D eigenvalue weighted by atomic mass is 10.1. The third kappa shape index (κ3) is 2.56. The average molecular weight is 251 g/mol. The number of hydrogen-bond acceptors (Lipinski definition) is 5. The number of methoxy groups -OCH3 is 2. The number of ether oxygens (including phenoxy) is 3. The van der Waals surface area contributed by atoms with Crippen LogP contribution < -0.4 is 14.8 Å². The van der Waals surface area contributed by atoms with Gasteiger partial charge in [0.2, 0.25) is 0 Å². The standard InChI is InChI=1S/C13H17NO4/c1-16-11-5-3-4-9(12(11)17-2)8-14-10-6-7-18-13(10)15/h3-5,10,14H,6-8H2,1-2H3. The van der Waals surface area contributed by atoms with Gasteiger partial charge in [-0.05, 0) is 6.07 Å². The predicted octanol–water partition coefficient (Wildman–Crippen LogP) is 1.11. The normalized spacial score (nSPS) is 18.6. The van der Waals surface area contributed by atoms with Crippen LogP contribution in [-0.4, -0.2) is 32.8 Å². The Labute approximate surface area is 106 Å². The number of rotatable bonds is 5. The Hall–Kier alpha value is -1.75. The summed E-state index contributed by atoms with van der Waals surface area (Å²) in [5.41, 5.74) is 0.955. The quantitative estimate of drug-likeness (QED) is 0.794. The molecule has 1 saturated heterocycles. The molecule has 5 nitrogen and oxygen atoms in total. The zero-order valence-corrected chi connectivity index (χ0v) is 10.6. The number of carbonyl (C=O) groups is 1. The molecule has 1 fully saturated rings. The Morgan fingerprint density at radius 2 is 2.22 bits per heavy atom. The van der Waals surface area contributed by atoms with Crippen molar-refractivity contribution in [2.45, 2.75) is 19.0 Å². The van der Waals surface area contributed by atoms with E-state index >= 15 is 0 Å². The van der Waals surface area contributed by atoms with Crippen molar-refractivity contribution >= 4 is 5.97 Å². The minimum Gasteiger partial charge on any atom is -0.493 e. The van der Waals surface area contributed by atoms with E-state index in [1.54, 1.807) is 14.2 Å². The average Bonchev–Trinajstić information content (AvgIpc) is 2.81. The minimum absolute atomic E-state index is 0.183. The number of nitrogens with one attached hydrogen (secondary N) is 1. The van der Waals surface area contributed by atoms with E-state index in [0.717, 1.165) is 5.56 Å². The summed E-state index contributed by atoms with van der Waals surface area (Å²) in [4.78, 5) is 11.3. The van der Waals surface area contributed by atoms with Crippen LogP contribution in [0.3, 0.4) is 0 Å². The fourth-order valence-corrected chi connectivity index (χ4v) is 2.01. The van der Waals surface area contributed by atoms with Crippen molar-refractivity contribution in [3.63, 3.8) is 0 Å². The number of esters is 1. The maximum atomic E-state index is 11.3. The van der Waals surface area contributed by atoms with E-state index in [1.165, 1.54) is 0 Å². The molecule has 98 valence electrons. The van der Waals surface area contributed by atoms with Gasteiger partial charge in [0, 0.05) is 18.5 Å². The van der Waals surface area contributed by atoms with Crippen LogP contribution in [-0.2, 0) is 16.1 Å². The Balaban J connectivity index is 2.06. The Bertz CT molecular complexity index is 433. The zero-order chi connectivity index (χ0) is 13.0. The highest BCUT2D eigenvalue weighted by molar-refractivity contribution is 5.77. The van der Waals surface area contributed by atoms with Crippen molar-refractivity contribution < 1.29 is 19.0 Å². The molecular weight excluding hydrogens is 234 g/mol. The van der Waals surface area contributed by atoms with E-state index in [1.807, 2.05) is 18.2 Å². The van der Waals surface area contributed by atoms with Crippen molar-refractivity contribution in [3.8, 4) is 11.5 Å². The lowest BCUT2D eigenvalue weighted by Crippen LogP contribution is -2.32. The van der Waals surface area contributed by atoms with Crippen LogP contribution in [0.25, 0.3) is 0 Å². The monoisotopic (exact) mass is 251 g/mol. The number of hydrogen-bond donors (Lipinski definition) is 1. The molecule has 0 radical (unpaired) electrons. The van der Waals surface area contributed by atoms with Crippen LogP contribution in [0.15, 0.2) is 18.2 Å². The van der Waals surface area contributed by atoms with E-state index in [0.29, 0.717) is 31.1 Å². The molecule has 0 spiro atoms. The van der Waals surface area contributed by atoms with Gasteiger partial charge in [-0.3, -0.25) is 4.79 Å². The Morgan fingerprint density at radius 3 is 2.83 bits per heavy atom. The van der Waals surface area contributed by atoms with Gasteiger partial charge in [-0.1, -0.05) is 12.1 Å². The summed E-state index contributed by atoms with van der Waals surface area (Å²) in [6.07, 6.45) is 0.713. The first kappa shape index (κ1) is 12.7. The first-order valence-corrected chi connectivity index (χ1v) is 5.86. The lowest BCUT2D eigenvalue weighted by Gasteiger charge is -2.14. The largest absolute Gasteiger partial charge is 0.493 e. The van der Waals surface area contributed by atoms with Crippen LogP contribution in [0.2, 0.25) is 0 Å². The first-order chi connectivity index (χ1) is 8.76. The van der Waals surface area contributed by atoms with Crippen molar-refractivity contribution in [1.82, 2.24) is 5.32 Å². The van der Waals surface area contributed by atoms with Gasteiger partial charge >= 0.3 is 5.97 Å². The summed E-state index contributed by atoms with van der Waals surface area (Å²) >= 11 is 0. The molecule has 18 heavy (non-hydrogen) atoms. The summed E-state index contributed by atoms with van der Waals surface area (Å²) < 4.78 is 15.5. The van der Waals surface area contributed by atoms with Crippen LogP contribution in [0.5, 0.6) is 11.5 Å². The number of carbonyl (C=O) groups excluding carboxylic acids is 1. The van der Waals surface area contributed by atoms with Gasteiger partial charge in [-0.25, -0.2) is 0 Å². The summed E-state index contributed by atoms with van der Waals surface area (Å²) in [6, 6.07) is 5.45. The number of para-hydroxylation sites is 1.